The highest BCUT2D eigenvalue weighted by Crippen LogP contribution is 2.34. The smallest absolute Gasteiger partial charge is 0.128 e. The predicted molar refractivity (Wildman–Crippen MR) is 110 cm³/mol. The van der Waals surface area contributed by atoms with Gasteiger partial charge in [-0.25, -0.2) is 8.78 Å². The molecule has 6 heteroatoms. The first-order valence-electron chi connectivity index (χ1n) is 8.95. The summed E-state index contributed by atoms with van der Waals surface area (Å²) in [5.41, 5.74) is 2.71. The molecule has 0 radical (unpaired) electrons. The number of rotatable bonds is 5. The first-order valence-corrected chi connectivity index (χ1v) is 9.71. The van der Waals surface area contributed by atoms with Crippen molar-refractivity contribution in [3.63, 3.8) is 0 Å². The molecule has 3 aromatic carbocycles. The second-order valence-corrected chi connectivity index (χ2v) is 7.83. The Labute approximate surface area is 172 Å². The van der Waals surface area contributed by atoms with Crippen LogP contribution in [0.4, 0.5) is 14.5 Å². The average molecular weight is 419 g/mol. The summed E-state index contributed by atoms with van der Waals surface area (Å²) in [4.78, 5) is 2.31. The summed E-state index contributed by atoms with van der Waals surface area (Å²) >= 11 is 12.1. The largest absolute Gasteiger partial charge is 0.380 e. The fourth-order valence-electron chi connectivity index (χ4n) is 3.59. The van der Waals surface area contributed by atoms with E-state index in [4.69, 9.17) is 23.2 Å². The minimum Gasteiger partial charge on any atom is -0.380 e. The third-order valence-corrected chi connectivity index (χ3v) is 5.38. The summed E-state index contributed by atoms with van der Waals surface area (Å²) in [5.74, 6) is -1.17. The zero-order valence-electron chi connectivity index (χ0n) is 14.9. The second kappa shape index (κ2) is 8.08. The maximum Gasteiger partial charge on any atom is 0.128 e. The molecule has 0 unspecified atom stereocenters. The molecule has 1 fully saturated rings. The van der Waals surface area contributed by atoms with E-state index in [1.54, 1.807) is 0 Å². The molecule has 0 aliphatic carbocycles. The minimum absolute atomic E-state index is 0.0526. The number of hydrogen-bond acceptors (Lipinski definition) is 2. The fraction of sp³-hybridized carbons (Fsp3) is 0.182. The highest BCUT2D eigenvalue weighted by atomic mass is 35.5. The maximum atomic E-state index is 13.4. The van der Waals surface area contributed by atoms with Crippen molar-refractivity contribution in [2.24, 2.45) is 0 Å². The molecule has 0 atom stereocenters. The van der Waals surface area contributed by atoms with Gasteiger partial charge < -0.3 is 5.32 Å². The third kappa shape index (κ3) is 4.30. The number of hydrogen-bond donors (Lipinski definition) is 1. The van der Waals surface area contributed by atoms with Crippen LogP contribution >= 0.6 is 23.2 Å². The Morgan fingerprint density at radius 3 is 1.71 bits per heavy atom. The Hall–Kier alpha value is -2.14. The van der Waals surface area contributed by atoms with Crippen molar-refractivity contribution >= 4 is 28.9 Å². The Morgan fingerprint density at radius 1 is 0.786 bits per heavy atom. The van der Waals surface area contributed by atoms with Crippen molar-refractivity contribution in [3.05, 3.63) is 99.5 Å². The number of nitrogens with zero attached hydrogens (tertiary/aromatic N) is 1. The molecule has 1 aliphatic rings. The van der Waals surface area contributed by atoms with Crippen molar-refractivity contribution in [2.45, 2.75) is 12.1 Å². The van der Waals surface area contributed by atoms with Gasteiger partial charge in [0.05, 0.1) is 12.1 Å². The molecule has 144 valence electrons. The Balaban J connectivity index is 1.52. The lowest BCUT2D eigenvalue weighted by molar-refractivity contribution is 0.123. The van der Waals surface area contributed by atoms with Crippen LogP contribution in [0.5, 0.6) is 0 Å². The molecule has 1 aliphatic heterocycles. The van der Waals surface area contributed by atoms with Gasteiger partial charge in [-0.1, -0.05) is 47.5 Å². The van der Waals surface area contributed by atoms with E-state index in [1.165, 1.54) is 12.1 Å². The van der Waals surface area contributed by atoms with Crippen LogP contribution in [0.15, 0.2) is 66.7 Å². The zero-order chi connectivity index (χ0) is 19.7. The van der Waals surface area contributed by atoms with Crippen molar-refractivity contribution < 1.29 is 8.78 Å². The van der Waals surface area contributed by atoms with Crippen LogP contribution in [-0.4, -0.2) is 24.0 Å². The monoisotopic (exact) mass is 418 g/mol. The molecule has 1 saturated heterocycles. The quantitative estimate of drug-likeness (QED) is 0.533. The number of likely N-dealkylation sites (tertiary alicyclic amines) is 1. The lowest BCUT2D eigenvalue weighted by atomic mass is 9.93. The first-order chi connectivity index (χ1) is 13.5. The molecule has 0 saturated carbocycles. The molecule has 2 nitrogen and oxygen atoms in total. The van der Waals surface area contributed by atoms with Gasteiger partial charge in [0.25, 0.3) is 0 Å². The van der Waals surface area contributed by atoms with Gasteiger partial charge in [-0.15, -0.1) is 0 Å². The van der Waals surface area contributed by atoms with Crippen molar-refractivity contribution in [1.82, 2.24) is 4.90 Å². The number of anilines is 1. The van der Waals surface area contributed by atoms with Crippen LogP contribution in [0.1, 0.15) is 17.2 Å². The zero-order valence-corrected chi connectivity index (χ0v) is 16.4. The summed E-state index contributed by atoms with van der Waals surface area (Å²) in [6.07, 6.45) is 0. The molecule has 0 spiro atoms. The minimum atomic E-state index is -0.584. The van der Waals surface area contributed by atoms with Gasteiger partial charge in [0.15, 0.2) is 0 Å². The van der Waals surface area contributed by atoms with E-state index in [0.29, 0.717) is 15.7 Å². The van der Waals surface area contributed by atoms with Crippen molar-refractivity contribution in [2.75, 3.05) is 18.4 Å². The van der Waals surface area contributed by atoms with Crippen LogP contribution in [0.2, 0.25) is 10.0 Å². The van der Waals surface area contributed by atoms with E-state index in [1.807, 2.05) is 48.5 Å². The number of halogens is 4. The van der Waals surface area contributed by atoms with Crippen molar-refractivity contribution in [1.29, 1.82) is 0 Å². The van der Waals surface area contributed by atoms with Gasteiger partial charge in [-0.05, 0) is 47.5 Å². The van der Waals surface area contributed by atoms with E-state index in [0.717, 1.165) is 30.3 Å². The molecular formula is C22H18Cl2F2N2. The molecule has 0 aromatic heterocycles. The van der Waals surface area contributed by atoms with Gasteiger partial charge in [0.2, 0.25) is 0 Å². The Morgan fingerprint density at radius 2 is 1.25 bits per heavy atom. The van der Waals surface area contributed by atoms with Crippen molar-refractivity contribution in [3.8, 4) is 0 Å². The fourth-order valence-corrected chi connectivity index (χ4v) is 3.84. The second-order valence-electron chi connectivity index (χ2n) is 6.96. The van der Waals surface area contributed by atoms with E-state index in [2.05, 4.69) is 10.2 Å². The van der Waals surface area contributed by atoms with E-state index in [9.17, 15) is 8.78 Å². The summed E-state index contributed by atoms with van der Waals surface area (Å²) in [6, 6.07) is 19.2. The number of nitrogens with one attached hydrogen (secondary N) is 1. The Bertz CT molecular complexity index is 890. The van der Waals surface area contributed by atoms with Crippen LogP contribution in [0.25, 0.3) is 0 Å². The summed E-state index contributed by atoms with van der Waals surface area (Å²) in [7, 11) is 0. The normalized spacial score (nSPS) is 14.9. The Kier molecular flexibility index (Phi) is 5.54. The molecular weight excluding hydrogens is 401 g/mol. The summed E-state index contributed by atoms with van der Waals surface area (Å²) in [6.45, 7) is 1.49. The summed E-state index contributed by atoms with van der Waals surface area (Å²) < 4.78 is 26.8. The highest BCUT2D eigenvalue weighted by Gasteiger charge is 2.34. The van der Waals surface area contributed by atoms with Gasteiger partial charge in [0, 0.05) is 34.9 Å². The van der Waals surface area contributed by atoms with E-state index < -0.39 is 11.6 Å². The molecule has 3 aromatic rings. The molecule has 28 heavy (non-hydrogen) atoms. The maximum absolute atomic E-state index is 13.4. The topological polar surface area (TPSA) is 15.3 Å². The standard InChI is InChI=1S/C22H18Cl2F2N2/c23-16-5-1-14(2-6-16)22(15-3-7-17(24)8-4-15)28-12-21(13-28)27-20-10-18(25)9-19(26)11-20/h1-11,21-22,27H,12-13H2. The van der Waals surface area contributed by atoms with Gasteiger partial charge >= 0.3 is 0 Å². The van der Waals surface area contributed by atoms with Gasteiger partial charge in [-0.2, -0.15) is 0 Å². The number of benzene rings is 3. The van der Waals surface area contributed by atoms with Crippen LogP contribution < -0.4 is 5.32 Å². The SMILES string of the molecule is Fc1cc(F)cc(NC2CN(C(c3ccc(Cl)cc3)c3ccc(Cl)cc3)C2)c1. The van der Waals surface area contributed by atoms with Crippen LogP contribution in [-0.2, 0) is 0 Å². The predicted octanol–water partition coefficient (Wildman–Crippen LogP) is 6.16. The molecule has 1 N–H and O–H groups in total. The molecule has 0 bridgehead atoms. The van der Waals surface area contributed by atoms with Crippen LogP contribution in [0, 0.1) is 11.6 Å². The summed E-state index contributed by atoms with van der Waals surface area (Å²) in [5, 5.41) is 4.58. The first kappa shape index (κ1) is 19.2. The van der Waals surface area contributed by atoms with Gasteiger partial charge in [0.1, 0.15) is 11.6 Å². The van der Waals surface area contributed by atoms with E-state index in [-0.39, 0.29) is 12.1 Å². The molecule has 1 heterocycles. The highest BCUT2D eigenvalue weighted by molar-refractivity contribution is 6.30. The van der Waals surface area contributed by atoms with Gasteiger partial charge in [-0.3, -0.25) is 4.90 Å². The van der Waals surface area contributed by atoms with Crippen LogP contribution in [0.3, 0.4) is 0 Å². The average Bonchev–Trinajstić information content (AvgIpc) is 2.62. The van der Waals surface area contributed by atoms with E-state index >= 15 is 0 Å². The lowest BCUT2D eigenvalue weighted by Gasteiger charge is -2.45. The lowest BCUT2D eigenvalue weighted by Crippen LogP contribution is -2.56. The third-order valence-electron chi connectivity index (χ3n) is 4.88. The molecule has 4 rings (SSSR count). The molecule has 0 amide bonds.